The molecule has 0 aliphatic rings. The monoisotopic (exact) mass is 533 g/mol. The van der Waals surface area contributed by atoms with E-state index in [2.05, 4.69) is 39.9 Å². The lowest BCUT2D eigenvalue weighted by atomic mass is 9.94. The Morgan fingerprint density at radius 2 is 1.38 bits per heavy atom. The van der Waals surface area contributed by atoms with E-state index in [0.717, 1.165) is 5.56 Å². The summed E-state index contributed by atoms with van der Waals surface area (Å²) >= 11 is 0. The van der Waals surface area contributed by atoms with Crippen LogP contribution in [0.3, 0.4) is 0 Å². The molecule has 0 bridgehead atoms. The van der Waals surface area contributed by atoms with E-state index in [4.69, 9.17) is 13.9 Å². The fourth-order valence-electron chi connectivity index (χ4n) is 3.52. The lowest BCUT2D eigenvalue weighted by Gasteiger charge is -2.38. The maximum atomic E-state index is 13.5. The molecule has 1 aromatic rings. The van der Waals surface area contributed by atoms with Gasteiger partial charge in [-0.15, -0.1) is 0 Å². The molecule has 0 saturated carbocycles. The summed E-state index contributed by atoms with van der Waals surface area (Å²) in [7, 11) is -1.99. The molecule has 0 fully saturated rings. The van der Waals surface area contributed by atoms with Gasteiger partial charge in [-0.25, -0.2) is 14.5 Å². The van der Waals surface area contributed by atoms with E-state index in [1.165, 1.54) is 4.90 Å². The Morgan fingerprint density at radius 1 is 0.892 bits per heavy atom. The van der Waals surface area contributed by atoms with Crippen LogP contribution in [0.1, 0.15) is 81.2 Å². The van der Waals surface area contributed by atoms with E-state index >= 15 is 0 Å². The van der Waals surface area contributed by atoms with Gasteiger partial charge >= 0.3 is 12.2 Å². The minimum absolute atomic E-state index is 0.000195. The van der Waals surface area contributed by atoms with Crippen molar-refractivity contribution < 1.29 is 23.5 Å². The zero-order chi connectivity index (χ0) is 28.7. The van der Waals surface area contributed by atoms with Crippen molar-refractivity contribution >= 4 is 20.5 Å². The average Bonchev–Trinajstić information content (AvgIpc) is 2.69. The molecule has 0 unspecified atom stereocenters. The predicted molar refractivity (Wildman–Crippen MR) is 154 cm³/mol. The number of hydrogen-bond acceptors (Lipinski definition) is 5. The fraction of sp³-hybridized carbons (Fsp3) is 0.667. The predicted octanol–water partition coefficient (Wildman–Crippen LogP) is 8.37. The van der Waals surface area contributed by atoms with Crippen molar-refractivity contribution in [2.24, 2.45) is 5.92 Å². The molecular weight excluding hydrogens is 482 g/mol. The highest BCUT2D eigenvalue weighted by Crippen LogP contribution is 2.37. The zero-order valence-electron chi connectivity index (χ0n) is 25.3. The highest BCUT2D eigenvalue weighted by molar-refractivity contribution is 6.74. The van der Waals surface area contributed by atoms with Crippen molar-refractivity contribution in [3.63, 3.8) is 0 Å². The summed E-state index contributed by atoms with van der Waals surface area (Å²) in [5.41, 5.74) is -0.500. The number of rotatable bonds is 9. The Bertz CT molecular complexity index is 863. The molecular formula is C30H51NO5Si. The highest BCUT2D eigenvalue weighted by Gasteiger charge is 2.40. The maximum absolute atomic E-state index is 13.5. The van der Waals surface area contributed by atoms with E-state index in [1.54, 1.807) is 41.5 Å². The van der Waals surface area contributed by atoms with Crippen LogP contribution >= 0.6 is 0 Å². The quantitative estimate of drug-likeness (QED) is 0.236. The SMILES string of the molecule is C/C=C/[C@@H](CO[Si](C)(C)C(C)(C)C)C[C@H](Cc1ccccc1)N(C(=O)OC(C)(C)C)C(=O)OC(C)(C)C. The van der Waals surface area contributed by atoms with Gasteiger partial charge in [0.1, 0.15) is 11.2 Å². The third-order valence-electron chi connectivity index (χ3n) is 6.36. The van der Waals surface area contributed by atoms with Crippen LogP contribution in [0.4, 0.5) is 9.59 Å². The summed E-state index contributed by atoms with van der Waals surface area (Å²) in [5.74, 6) is 0.000195. The van der Waals surface area contributed by atoms with Gasteiger partial charge in [-0.3, -0.25) is 0 Å². The largest absolute Gasteiger partial charge is 0.443 e. The summed E-state index contributed by atoms with van der Waals surface area (Å²) in [6, 6.07) is 9.39. The maximum Gasteiger partial charge on any atom is 0.420 e. The third-order valence-corrected chi connectivity index (χ3v) is 10.9. The number of imide groups is 1. The van der Waals surface area contributed by atoms with E-state index in [0.29, 0.717) is 19.4 Å². The number of carbonyl (C=O) groups is 2. The van der Waals surface area contributed by atoms with E-state index < -0.39 is 37.7 Å². The number of nitrogens with zero attached hydrogens (tertiary/aromatic N) is 1. The second-order valence-corrected chi connectivity index (χ2v) is 18.1. The number of carbonyl (C=O) groups excluding carboxylic acids is 2. The Labute approximate surface area is 226 Å². The van der Waals surface area contributed by atoms with E-state index in [1.807, 2.05) is 43.3 Å². The van der Waals surface area contributed by atoms with Gasteiger partial charge in [-0.05, 0) is 85.0 Å². The van der Waals surface area contributed by atoms with E-state index in [9.17, 15) is 9.59 Å². The topological polar surface area (TPSA) is 65.1 Å². The van der Waals surface area contributed by atoms with Crippen LogP contribution in [-0.2, 0) is 20.3 Å². The molecule has 2 atom stereocenters. The summed E-state index contributed by atoms with van der Waals surface area (Å²) < 4.78 is 18.0. The number of benzene rings is 1. The van der Waals surface area contributed by atoms with Crippen LogP contribution < -0.4 is 0 Å². The first kappa shape index (κ1) is 32.9. The van der Waals surface area contributed by atoms with Gasteiger partial charge in [0.25, 0.3) is 0 Å². The molecule has 210 valence electrons. The zero-order valence-corrected chi connectivity index (χ0v) is 26.3. The summed E-state index contributed by atoms with van der Waals surface area (Å²) in [6.07, 6.45) is 3.71. The first-order chi connectivity index (χ1) is 16.8. The van der Waals surface area contributed by atoms with Crippen LogP contribution in [0, 0.1) is 5.92 Å². The van der Waals surface area contributed by atoms with Crippen LogP contribution in [0.5, 0.6) is 0 Å². The minimum atomic E-state index is -1.99. The van der Waals surface area contributed by atoms with Crippen LogP contribution in [0.25, 0.3) is 0 Å². The molecule has 0 aliphatic heterocycles. The van der Waals surface area contributed by atoms with Gasteiger partial charge in [0.2, 0.25) is 0 Å². The van der Waals surface area contributed by atoms with Crippen LogP contribution in [0.15, 0.2) is 42.5 Å². The Kier molecular flexibility index (Phi) is 11.6. The van der Waals surface area contributed by atoms with Gasteiger partial charge < -0.3 is 13.9 Å². The van der Waals surface area contributed by atoms with Crippen molar-refractivity contribution in [3.05, 3.63) is 48.0 Å². The lowest BCUT2D eigenvalue weighted by molar-refractivity contribution is -0.00947. The Hall–Kier alpha value is -2.12. The molecule has 6 nitrogen and oxygen atoms in total. The summed E-state index contributed by atoms with van der Waals surface area (Å²) in [6.45, 7) is 24.4. The molecule has 0 radical (unpaired) electrons. The summed E-state index contributed by atoms with van der Waals surface area (Å²) in [4.78, 5) is 28.1. The molecule has 2 amide bonds. The van der Waals surface area contributed by atoms with Crippen molar-refractivity contribution in [2.75, 3.05) is 6.61 Å². The molecule has 0 saturated heterocycles. The number of allylic oxidation sites excluding steroid dienone is 1. The molecule has 1 rings (SSSR count). The van der Waals surface area contributed by atoms with Crippen molar-refractivity contribution in [1.29, 1.82) is 0 Å². The first-order valence-electron chi connectivity index (χ1n) is 13.3. The molecule has 37 heavy (non-hydrogen) atoms. The molecule has 0 heterocycles. The van der Waals surface area contributed by atoms with Gasteiger partial charge in [0, 0.05) is 12.5 Å². The lowest BCUT2D eigenvalue weighted by Crippen LogP contribution is -2.50. The third kappa shape index (κ3) is 11.9. The molecule has 1 aromatic carbocycles. The number of ether oxygens (including phenoxy) is 2. The summed E-state index contributed by atoms with van der Waals surface area (Å²) in [5, 5.41) is 0.0793. The molecule has 0 N–H and O–H groups in total. The number of amides is 2. The van der Waals surface area contributed by atoms with Crippen LogP contribution in [-0.4, -0.2) is 49.3 Å². The van der Waals surface area contributed by atoms with Crippen LogP contribution in [0.2, 0.25) is 18.1 Å². The van der Waals surface area contributed by atoms with E-state index in [-0.39, 0.29) is 11.0 Å². The average molecular weight is 534 g/mol. The fourth-order valence-corrected chi connectivity index (χ4v) is 4.58. The van der Waals surface area contributed by atoms with Crippen molar-refractivity contribution in [3.8, 4) is 0 Å². The Morgan fingerprint density at radius 3 is 1.78 bits per heavy atom. The van der Waals surface area contributed by atoms with Gasteiger partial charge in [0.05, 0.1) is 6.04 Å². The number of hydrogen-bond donors (Lipinski definition) is 0. The standard InChI is InChI=1S/C30H51NO5Si/c1-13-17-24(22-34-37(11,12)30(8,9)10)21-25(20-23-18-15-14-16-19-23)31(26(32)35-28(2,3)4)27(33)36-29(5,6)7/h13-19,24-25H,20-22H2,1-12H3/b17-13+/t24-,25+/m1/s1. The smallest absolute Gasteiger partial charge is 0.420 e. The second kappa shape index (κ2) is 13.1. The molecule has 0 spiro atoms. The molecule has 0 aliphatic carbocycles. The minimum Gasteiger partial charge on any atom is -0.443 e. The van der Waals surface area contributed by atoms with Gasteiger partial charge in [-0.2, -0.15) is 0 Å². The first-order valence-corrected chi connectivity index (χ1v) is 16.2. The van der Waals surface area contributed by atoms with Gasteiger partial charge in [-0.1, -0.05) is 63.3 Å². The van der Waals surface area contributed by atoms with Crippen molar-refractivity contribution in [2.45, 2.75) is 117 Å². The highest BCUT2D eigenvalue weighted by atomic mass is 28.4. The molecule has 0 aromatic heterocycles. The Balaban J connectivity index is 3.44. The van der Waals surface area contributed by atoms with Gasteiger partial charge in [0.15, 0.2) is 8.32 Å². The van der Waals surface area contributed by atoms with Crippen molar-refractivity contribution in [1.82, 2.24) is 4.90 Å². The second-order valence-electron chi connectivity index (χ2n) is 13.3. The molecule has 7 heteroatoms. The normalized spacial score (nSPS) is 14.8.